The van der Waals surface area contributed by atoms with Gasteiger partial charge in [0, 0.05) is 12.6 Å². The highest BCUT2D eigenvalue weighted by atomic mass is 16.5. The van der Waals surface area contributed by atoms with E-state index in [2.05, 4.69) is 38.2 Å². The van der Waals surface area contributed by atoms with Crippen molar-refractivity contribution in [2.24, 2.45) is 0 Å². The van der Waals surface area contributed by atoms with Crippen molar-refractivity contribution in [1.82, 2.24) is 5.32 Å². The summed E-state index contributed by atoms with van der Waals surface area (Å²) in [7, 11) is 0. The average molecular weight is 219 g/mol. The molecule has 0 aromatic heterocycles. The molecule has 0 radical (unpaired) electrons. The second-order valence-electron chi connectivity index (χ2n) is 4.79. The fraction of sp³-hybridized carbons (Fsp3) is 0.571. The molecule has 16 heavy (non-hydrogen) atoms. The van der Waals surface area contributed by atoms with Gasteiger partial charge in [-0.05, 0) is 49.4 Å². The molecule has 0 saturated carbocycles. The highest BCUT2D eigenvalue weighted by molar-refractivity contribution is 5.36. The van der Waals surface area contributed by atoms with Gasteiger partial charge in [-0.15, -0.1) is 0 Å². The van der Waals surface area contributed by atoms with Crippen LogP contribution in [0.2, 0.25) is 0 Å². The lowest BCUT2D eigenvalue weighted by Gasteiger charge is -2.24. The Kier molecular flexibility index (Phi) is 3.62. The predicted molar refractivity (Wildman–Crippen MR) is 67.0 cm³/mol. The van der Waals surface area contributed by atoms with E-state index in [0.29, 0.717) is 6.04 Å². The van der Waals surface area contributed by atoms with E-state index in [9.17, 15) is 0 Å². The van der Waals surface area contributed by atoms with Gasteiger partial charge in [-0.25, -0.2) is 0 Å². The van der Waals surface area contributed by atoms with Crippen LogP contribution in [0.25, 0.3) is 0 Å². The number of hydrogen-bond acceptors (Lipinski definition) is 2. The van der Waals surface area contributed by atoms with Crippen LogP contribution in [0.5, 0.6) is 0 Å². The van der Waals surface area contributed by atoms with Crippen LogP contribution in [0.4, 0.5) is 0 Å². The van der Waals surface area contributed by atoms with Crippen molar-refractivity contribution in [3.8, 4) is 0 Å². The monoisotopic (exact) mass is 219 g/mol. The summed E-state index contributed by atoms with van der Waals surface area (Å²) >= 11 is 0. The lowest BCUT2D eigenvalue weighted by Crippen LogP contribution is -2.42. The Balaban J connectivity index is 2.11. The van der Waals surface area contributed by atoms with Crippen LogP contribution in [0, 0.1) is 20.8 Å². The molecule has 2 rings (SSSR count). The minimum Gasteiger partial charge on any atom is -0.379 e. The van der Waals surface area contributed by atoms with E-state index < -0.39 is 0 Å². The molecule has 0 aliphatic carbocycles. The summed E-state index contributed by atoms with van der Waals surface area (Å²) in [4.78, 5) is 0. The van der Waals surface area contributed by atoms with E-state index in [1.54, 1.807) is 0 Å². The van der Waals surface area contributed by atoms with Crippen LogP contribution in [0.3, 0.4) is 0 Å². The van der Waals surface area contributed by atoms with E-state index in [1.165, 1.54) is 22.3 Å². The van der Waals surface area contributed by atoms with E-state index >= 15 is 0 Å². The van der Waals surface area contributed by atoms with E-state index in [4.69, 9.17) is 4.74 Å². The molecule has 1 saturated heterocycles. The molecule has 2 heteroatoms. The lowest BCUT2D eigenvalue weighted by atomic mass is 9.96. The number of hydrogen-bond donors (Lipinski definition) is 1. The van der Waals surface area contributed by atoms with Crippen LogP contribution >= 0.6 is 0 Å². The van der Waals surface area contributed by atoms with Crippen molar-refractivity contribution in [2.45, 2.75) is 33.2 Å². The zero-order chi connectivity index (χ0) is 11.5. The number of benzene rings is 1. The first kappa shape index (κ1) is 11.6. The first-order chi connectivity index (χ1) is 7.66. The molecule has 2 nitrogen and oxygen atoms in total. The summed E-state index contributed by atoms with van der Waals surface area (Å²) < 4.78 is 5.49. The molecule has 1 N–H and O–H groups in total. The van der Waals surface area contributed by atoms with Crippen molar-refractivity contribution < 1.29 is 4.74 Å². The highest BCUT2D eigenvalue weighted by Crippen LogP contribution is 2.17. The normalized spacial score (nSPS) is 21.1. The minimum absolute atomic E-state index is 0.481. The number of rotatable bonds is 2. The molecule has 0 bridgehead atoms. The van der Waals surface area contributed by atoms with Crippen LogP contribution in [-0.2, 0) is 11.2 Å². The highest BCUT2D eigenvalue weighted by Gasteiger charge is 2.14. The number of nitrogens with one attached hydrogen (secondary N) is 1. The van der Waals surface area contributed by atoms with Gasteiger partial charge in [0.05, 0.1) is 13.2 Å². The Morgan fingerprint density at radius 1 is 1.19 bits per heavy atom. The van der Waals surface area contributed by atoms with Crippen LogP contribution in [-0.4, -0.2) is 25.8 Å². The van der Waals surface area contributed by atoms with E-state index in [0.717, 1.165) is 26.2 Å². The molecule has 1 fully saturated rings. The van der Waals surface area contributed by atoms with Gasteiger partial charge in [0.1, 0.15) is 0 Å². The largest absolute Gasteiger partial charge is 0.379 e. The third kappa shape index (κ3) is 2.63. The van der Waals surface area contributed by atoms with Gasteiger partial charge in [-0.1, -0.05) is 12.1 Å². The van der Waals surface area contributed by atoms with Crippen molar-refractivity contribution in [3.05, 3.63) is 34.4 Å². The zero-order valence-corrected chi connectivity index (χ0v) is 10.5. The van der Waals surface area contributed by atoms with Gasteiger partial charge < -0.3 is 10.1 Å². The molecule has 1 aromatic rings. The summed E-state index contributed by atoms with van der Waals surface area (Å²) in [6, 6.07) is 5.09. The molecule has 1 aliphatic rings. The average Bonchev–Trinajstić information content (AvgIpc) is 2.27. The summed E-state index contributed by atoms with van der Waals surface area (Å²) in [5.41, 5.74) is 5.62. The maximum atomic E-state index is 5.49. The van der Waals surface area contributed by atoms with Crippen LogP contribution in [0.1, 0.15) is 22.3 Å². The smallest absolute Gasteiger partial charge is 0.0623 e. The Hall–Kier alpha value is -0.860. The molecule has 1 atom stereocenters. The summed E-state index contributed by atoms with van der Waals surface area (Å²) in [6.07, 6.45) is 1.08. The second-order valence-corrected chi connectivity index (χ2v) is 4.79. The molecule has 0 spiro atoms. The molecule has 0 amide bonds. The van der Waals surface area contributed by atoms with Crippen molar-refractivity contribution in [2.75, 3.05) is 19.8 Å². The van der Waals surface area contributed by atoms with Crippen molar-refractivity contribution >= 4 is 0 Å². The first-order valence-electron chi connectivity index (χ1n) is 6.04. The topological polar surface area (TPSA) is 21.3 Å². The minimum atomic E-state index is 0.481. The summed E-state index contributed by atoms with van der Waals surface area (Å²) in [5, 5.41) is 3.50. The fourth-order valence-corrected chi connectivity index (χ4v) is 2.26. The Morgan fingerprint density at radius 3 is 2.62 bits per heavy atom. The van der Waals surface area contributed by atoms with Crippen molar-refractivity contribution in [3.63, 3.8) is 0 Å². The number of aryl methyl sites for hydroxylation is 3. The quantitative estimate of drug-likeness (QED) is 0.823. The van der Waals surface area contributed by atoms with Crippen LogP contribution < -0.4 is 5.32 Å². The summed E-state index contributed by atoms with van der Waals surface area (Å²) in [6.45, 7) is 9.23. The Bertz CT molecular complexity index is 367. The molecule has 1 aliphatic heterocycles. The standard InChI is InChI=1S/C14H21NO/c1-10-6-12(3)13(7-11(10)2)8-14-9-16-5-4-15-14/h6-7,14-15H,4-5,8-9H2,1-3H3. The molecule has 1 aromatic carbocycles. The van der Waals surface area contributed by atoms with Gasteiger partial charge in [0.2, 0.25) is 0 Å². The van der Waals surface area contributed by atoms with Crippen molar-refractivity contribution in [1.29, 1.82) is 0 Å². The molecule has 1 heterocycles. The molecular formula is C14H21NO. The first-order valence-corrected chi connectivity index (χ1v) is 6.04. The van der Waals surface area contributed by atoms with Gasteiger partial charge >= 0.3 is 0 Å². The third-order valence-electron chi connectivity index (χ3n) is 3.42. The third-order valence-corrected chi connectivity index (χ3v) is 3.42. The fourth-order valence-electron chi connectivity index (χ4n) is 2.26. The number of ether oxygens (including phenoxy) is 1. The van der Waals surface area contributed by atoms with E-state index in [1.807, 2.05) is 0 Å². The Labute approximate surface area is 98.0 Å². The molecule has 1 unspecified atom stereocenters. The van der Waals surface area contributed by atoms with Gasteiger partial charge in [-0.3, -0.25) is 0 Å². The Morgan fingerprint density at radius 2 is 1.94 bits per heavy atom. The summed E-state index contributed by atoms with van der Waals surface area (Å²) in [5.74, 6) is 0. The predicted octanol–water partition coefficient (Wildman–Crippen LogP) is 2.14. The van der Waals surface area contributed by atoms with E-state index in [-0.39, 0.29) is 0 Å². The maximum Gasteiger partial charge on any atom is 0.0623 e. The maximum absolute atomic E-state index is 5.49. The lowest BCUT2D eigenvalue weighted by molar-refractivity contribution is 0.0769. The molecular weight excluding hydrogens is 198 g/mol. The molecule has 88 valence electrons. The second kappa shape index (κ2) is 4.98. The van der Waals surface area contributed by atoms with Crippen LogP contribution in [0.15, 0.2) is 12.1 Å². The zero-order valence-electron chi connectivity index (χ0n) is 10.5. The van der Waals surface area contributed by atoms with Gasteiger partial charge in [-0.2, -0.15) is 0 Å². The van der Waals surface area contributed by atoms with Gasteiger partial charge in [0.15, 0.2) is 0 Å². The van der Waals surface area contributed by atoms with Gasteiger partial charge in [0.25, 0.3) is 0 Å². The number of morpholine rings is 1. The SMILES string of the molecule is Cc1cc(C)c(CC2COCCN2)cc1C.